The van der Waals surface area contributed by atoms with Crippen LogP contribution in [-0.4, -0.2) is 0 Å². The molecule has 2 rings (SSSR count). The number of anilines is 1. The normalized spacial score (nSPS) is 12.3. The van der Waals surface area contributed by atoms with Crippen molar-refractivity contribution in [2.75, 3.05) is 5.32 Å². The van der Waals surface area contributed by atoms with E-state index in [0.717, 1.165) is 24.8 Å². The molecule has 0 spiro atoms. The second-order valence-corrected chi connectivity index (χ2v) is 7.25. The van der Waals surface area contributed by atoms with Crippen LogP contribution in [0.5, 0.6) is 0 Å². The smallest absolute Gasteiger partial charge is 0.0515 e. The van der Waals surface area contributed by atoms with Crippen LogP contribution in [0.4, 0.5) is 5.69 Å². The molecule has 1 nitrogen and oxygen atoms in total. The maximum atomic E-state index is 6.38. The van der Waals surface area contributed by atoms with E-state index in [1.807, 2.05) is 0 Å². The third-order valence-electron chi connectivity index (χ3n) is 4.37. The highest BCUT2D eigenvalue weighted by Gasteiger charge is 2.17. The fraction of sp³-hybridized carbons (Fsp3) is 0.400. The van der Waals surface area contributed by atoms with Gasteiger partial charge in [0.25, 0.3) is 0 Å². The average Bonchev–Trinajstić information content (AvgIpc) is 2.53. The minimum absolute atomic E-state index is 0.00894. The van der Waals surface area contributed by atoms with Gasteiger partial charge in [0.15, 0.2) is 0 Å². The van der Waals surface area contributed by atoms with Crippen LogP contribution in [0.15, 0.2) is 24.3 Å². The summed E-state index contributed by atoms with van der Waals surface area (Å²) in [7, 11) is 0. The molecule has 0 saturated heterocycles. The quantitative estimate of drug-likeness (QED) is 0.543. The van der Waals surface area contributed by atoms with E-state index in [1.165, 1.54) is 22.4 Å². The summed E-state index contributed by atoms with van der Waals surface area (Å²) in [4.78, 5) is 0. The Kier molecular flexibility index (Phi) is 6.86. The Labute approximate surface area is 160 Å². The monoisotopic (exact) mass is 383 g/mol. The Morgan fingerprint density at radius 3 is 1.75 bits per heavy atom. The molecule has 0 aliphatic carbocycles. The summed E-state index contributed by atoms with van der Waals surface area (Å²) < 4.78 is 0. The minimum Gasteiger partial charge on any atom is -0.378 e. The number of benzene rings is 2. The molecule has 2 aromatic carbocycles. The third-order valence-corrected chi connectivity index (χ3v) is 5.21. The van der Waals surface area contributed by atoms with Crippen molar-refractivity contribution in [3.63, 3.8) is 0 Å². The lowest BCUT2D eigenvalue weighted by molar-refractivity contribution is 0.872. The maximum absolute atomic E-state index is 6.38. The highest BCUT2D eigenvalue weighted by molar-refractivity contribution is 6.39. The number of halogens is 3. The van der Waals surface area contributed by atoms with Crippen LogP contribution in [0.25, 0.3) is 0 Å². The largest absolute Gasteiger partial charge is 0.378 e. The molecule has 1 unspecified atom stereocenters. The van der Waals surface area contributed by atoms with E-state index < -0.39 is 0 Å². The van der Waals surface area contributed by atoms with E-state index in [2.05, 4.69) is 45.1 Å². The average molecular weight is 385 g/mol. The van der Waals surface area contributed by atoms with Crippen molar-refractivity contribution in [1.82, 2.24) is 0 Å². The Balaban J connectivity index is 2.44. The fourth-order valence-corrected chi connectivity index (χ4v) is 4.19. The molecule has 0 radical (unpaired) electrons. The predicted molar refractivity (Wildman–Crippen MR) is 108 cm³/mol. The molecule has 0 heterocycles. The van der Waals surface area contributed by atoms with Crippen molar-refractivity contribution in [3.8, 4) is 0 Å². The zero-order valence-corrected chi connectivity index (χ0v) is 16.9. The van der Waals surface area contributed by atoms with E-state index >= 15 is 0 Å². The molecule has 0 aliphatic rings. The lowest BCUT2D eigenvalue weighted by Crippen LogP contribution is -2.12. The first-order valence-electron chi connectivity index (χ1n) is 8.46. The zero-order chi connectivity index (χ0) is 17.9. The van der Waals surface area contributed by atoms with Crippen molar-refractivity contribution in [1.29, 1.82) is 0 Å². The lowest BCUT2D eigenvalue weighted by atomic mass is 9.96. The number of nitrogens with one attached hydrogen (secondary N) is 1. The van der Waals surface area contributed by atoms with Gasteiger partial charge in [0, 0.05) is 26.3 Å². The third kappa shape index (κ3) is 4.20. The standard InChI is InChI=1S/C20H24Cl3N/c1-5-13-8-14(6-2)20(15(7-3)9-13)24-12(4)19-17(22)10-16(21)11-18(19)23/h8-12,24H,5-7H2,1-4H3. The van der Waals surface area contributed by atoms with Gasteiger partial charge in [-0.2, -0.15) is 0 Å². The second-order valence-electron chi connectivity index (χ2n) is 6.00. The molecule has 0 aromatic heterocycles. The van der Waals surface area contributed by atoms with Gasteiger partial charge in [0.1, 0.15) is 0 Å². The van der Waals surface area contributed by atoms with Crippen LogP contribution in [0.1, 0.15) is 56.0 Å². The highest BCUT2D eigenvalue weighted by Crippen LogP contribution is 2.36. The van der Waals surface area contributed by atoms with Crippen LogP contribution in [0.3, 0.4) is 0 Å². The number of hydrogen-bond acceptors (Lipinski definition) is 1. The maximum Gasteiger partial charge on any atom is 0.0515 e. The van der Waals surface area contributed by atoms with E-state index in [1.54, 1.807) is 12.1 Å². The van der Waals surface area contributed by atoms with Crippen molar-refractivity contribution >= 4 is 40.5 Å². The minimum atomic E-state index is -0.00894. The Bertz CT molecular complexity index is 677. The summed E-state index contributed by atoms with van der Waals surface area (Å²) >= 11 is 18.8. The molecule has 2 aromatic rings. The summed E-state index contributed by atoms with van der Waals surface area (Å²) in [6, 6.07) is 8.05. The predicted octanol–water partition coefficient (Wildman–Crippen LogP) is 7.51. The molecule has 1 N–H and O–H groups in total. The van der Waals surface area contributed by atoms with Gasteiger partial charge < -0.3 is 5.32 Å². The van der Waals surface area contributed by atoms with Gasteiger partial charge in [0.05, 0.1) is 6.04 Å². The van der Waals surface area contributed by atoms with Crippen molar-refractivity contribution in [3.05, 3.63) is 61.6 Å². The van der Waals surface area contributed by atoms with Gasteiger partial charge in [-0.15, -0.1) is 0 Å². The number of hydrogen-bond donors (Lipinski definition) is 1. The lowest BCUT2D eigenvalue weighted by Gasteiger charge is -2.23. The first kappa shape index (κ1) is 19.4. The Morgan fingerprint density at radius 1 is 0.833 bits per heavy atom. The van der Waals surface area contributed by atoms with Crippen LogP contribution in [0, 0.1) is 0 Å². The number of rotatable bonds is 6. The van der Waals surface area contributed by atoms with Crippen molar-refractivity contribution in [2.45, 2.75) is 53.0 Å². The molecule has 0 saturated carbocycles. The topological polar surface area (TPSA) is 12.0 Å². The fourth-order valence-electron chi connectivity index (χ4n) is 3.04. The van der Waals surface area contributed by atoms with Gasteiger partial charge in [-0.05, 0) is 55.0 Å². The zero-order valence-electron chi connectivity index (χ0n) is 14.6. The van der Waals surface area contributed by atoms with Crippen LogP contribution < -0.4 is 5.32 Å². The van der Waals surface area contributed by atoms with Crippen LogP contribution >= 0.6 is 34.8 Å². The molecule has 1 atom stereocenters. The van der Waals surface area contributed by atoms with E-state index in [-0.39, 0.29) is 6.04 Å². The van der Waals surface area contributed by atoms with E-state index in [0.29, 0.717) is 15.1 Å². The van der Waals surface area contributed by atoms with Crippen LogP contribution in [-0.2, 0) is 19.3 Å². The summed E-state index contributed by atoms with van der Waals surface area (Å²) in [5.41, 5.74) is 6.13. The molecular formula is C20H24Cl3N. The van der Waals surface area contributed by atoms with Gasteiger partial charge in [0.2, 0.25) is 0 Å². The molecule has 0 bridgehead atoms. The summed E-state index contributed by atoms with van der Waals surface area (Å²) in [5, 5.41) is 5.37. The molecule has 0 amide bonds. The van der Waals surface area contributed by atoms with Crippen LogP contribution in [0.2, 0.25) is 15.1 Å². The van der Waals surface area contributed by atoms with Gasteiger partial charge in [-0.25, -0.2) is 0 Å². The molecule has 24 heavy (non-hydrogen) atoms. The molecule has 0 aliphatic heterocycles. The van der Waals surface area contributed by atoms with Gasteiger partial charge in [-0.1, -0.05) is 67.7 Å². The molecule has 130 valence electrons. The second kappa shape index (κ2) is 8.47. The van der Waals surface area contributed by atoms with Crippen molar-refractivity contribution < 1.29 is 0 Å². The van der Waals surface area contributed by atoms with Gasteiger partial charge >= 0.3 is 0 Å². The first-order valence-corrected chi connectivity index (χ1v) is 9.60. The Morgan fingerprint density at radius 2 is 1.33 bits per heavy atom. The molecule has 4 heteroatoms. The van der Waals surface area contributed by atoms with E-state index in [4.69, 9.17) is 34.8 Å². The molecular weight excluding hydrogens is 361 g/mol. The highest BCUT2D eigenvalue weighted by atomic mass is 35.5. The SMILES string of the molecule is CCc1cc(CC)c(NC(C)c2c(Cl)cc(Cl)cc2Cl)c(CC)c1. The number of aryl methyl sites for hydroxylation is 3. The summed E-state index contributed by atoms with van der Waals surface area (Å²) in [5.74, 6) is 0. The van der Waals surface area contributed by atoms with E-state index in [9.17, 15) is 0 Å². The molecule has 0 fully saturated rings. The first-order chi connectivity index (χ1) is 11.4. The Hall–Kier alpha value is -0.890. The van der Waals surface area contributed by atoms with Gasteiger partial charge in [-0.3, -0.25) is 0 Å². The summed E-state index contributed by atoms with van der Waals surface area (Å²) in [6.07, 6.45) is 3.01. The summed E-state index contributed by atoms with van der Waals surface area (Å²) in [6.45, 7) is 8.64. The van der Waals surface area contributed by atoms with Crippen molar-refractivity contribution in [2.24, 2.45) is 0 Å².